The Morgan fingerprint density at radius 1 is 1.58 bits per heavy atom. The molecule has 3 heteroatoms. The molecule has 0 radical (unpaired) electrons. The van der Waals surface area contributed by atoms with Crippen molar-refractivity contribution in [2.45, 2.75) is 25.2 Å². The zero-order valence-electron chi connectivity index (χ0n) is 7.50. The van der Waals surface area contributed by atoms with Crippen LogP contribution in [0, 0.1) is 6.92 Å². The van der Waals surface area contributed by atoms with Gasteiger partial charge in [-0.1, -0.05) is 6.92 Å². The molecule has 66 valence electrons. The van der Waals surface area contributed by atoms with Gasteiger partial charge in [-0.15, -0.1) is 11.8 Å². The number of hydrogen-bond donors (Lipinski definition) is 1. The van der Waals surface area contributed by atoms with Gasteiger partial charge in [-0.3, -0.25) is 0 Å². The van der Waals surface area contributed by atoms with E-state index in [2.05, 4.69) is 11.9 Å². The summed E-state index contributed by atoms with van der Waals surface area (Å²) in [6, 6.07) is 2.02. The lowest BCUT2D eigenvalue weighted by molar-refractivity contribution is 1.10. The van der Waals surface area contributed by atoms with Gasteiger partial charge in [-0.25, -0.2) is 4.98 Å². The Labute approximate surface area is 77.6 Å². The molecule has 0 bridgehead atoms. The lowest BCUT2D eigenvalue weighted by atomic mass is 10.3. The van der Waals surface area contributed by atoms with Crippen molar-refractivity contribution < 1.29 is 0 Å². The molecule has 0 spiro atoms. The van der Waals surface area contributed by atoms with Crippen molar-refractivity contribution >= 4 is 17.6 Å². The van der Waals surface area contributed by atoms with E-state index in [4.69, 9.17) is 5.73 Å². The van der Waals surface area contributed by atoms with Crippen LogP contribution in [0.15, 0.2) is 17.2 Å². The second-order valence-corrected chi connectivity index (χ2v) is 3.80. The van der Waals surface area contributed by atoms with Gasteiger partial charge < -0.3 is 5.73 Å². The Bertz CT molecular complexity index is 261. The summed E-state index contributed by atoms with van der Waals surface area (Å²) in [5.41, 5.74) is 6.78. The highest BCUT2D eigenvalue weighted by molar-refractivity contribution is 7.99. The summed E-state index contributed by atoms with van der Waals surface area (Å²) < 4.78 is 0. The molecule has 2 nitrogen and oxygen atoms in total. The van der Waals surface area contributed by atoms with Gasteiger partial charge in [-0.2, -0.15) is 0 Å². The molecule has 0 atom stereocenters. The van der Waals surface area contributed by atoms with Gasteiger partial charge in [0.15, 0.2) is 0 Å². The number of nitrogens with two attached hydrogens (primary N) is 1. The SMILES string of the molecule is CCCSc1ccnc(N)c1C. The standard InChI is InChI=1S/C9H14N2S/c1-3-6-12-8-4-5-11-9(10)7(8)2/h4-5H,3,6H2,1-2H3,(H2,10,11). The molecule has 0 unspecified atom stereocenters. The first-order valence-electron chi connectivity index (χ1n) is 4.09. The Balaban J connectivity index is 2.78. The number of aromatic nitrogens is 1. The predicted molar refractivity (Wildman–Crippen MR) is 54.4 cm³/mol. The summed E-state index contributed by atoms with van der Waals surface area (Å²) in [6.45, 7) is 4.19. The van der Waals surface area contributed by atoms with E-state index in [1.165, 1.54) is 11.3 Å². The predicted octanol–water partition coefficient (Wildman–Crippen LogP) is 2.47. The van der Waals surface area contributed by atoms with E-state index in [1.807, 2.05) is 24.8 Å². The third kappa shape index (κ3) is 2.14. The van der Waals surface area contributed by atoms with Crippen molar-refractivity contribution in [3.05, 3.63) is 17.8 Å². The minimum Gasteiger partial charge on any atom is -0.383 e. The first-order valence-corrected chi connectivity index (χ1v) is 5.08. The number of hydrogen-bond acceptors (Lipinski definition) is 3. The van der Waals surface area contributed by atoms with Gasteiger partial charge in [0.25, 0.3) is 0 Å². The van der Waals surface area contributed by atoms with Gasteiger partial charge in [-0.05, 0) is 25.2 Å². The highest BCUT2D eigenvalue weighted by Gasteiger charge is 2.01. The molecule has 1 rings (SSSR count). The number of pyridine rings is 1. The summed E-state index contributed by atoms with van der Waals surface area (Å²) in [4.78, 5) is 5.27. The number of thioether (sulfide) groups is 1. The topological polar surface area (TPSA) is 38.9 Å². The Hall–Kier alpha value is -0.700. The molecule has 0 aliphatic rings. The van der Waals surface area contributed by atoms with E-state index in [0.717, 1.165) is 11.3 Å². The van der Waals surface area contributed by atoms with Gasteiger partial charge in [0, 0.05) is 16.7 Å². The van der Waals surface area contributed by atoms with Crippen molar-refractivity contribution in [1.29, 1.82) is 0 Å². The molecule has 1 aromatic rings. The van der Waals surface area contributed by atoms with Crippen molar-refractivity contribution in [3.8, 4) is 0 Å². The van der Waals surface area contributed by atoms with Crippen LogP contribution >= 0.6 is 11.8 Å². The lowest BCUT2D eigenvalue weighted by Gasteiger charge is -2.05. The minimum atomic E-state index is 0.649. The molecular formula is C9H14N2S. The van der Waals surface area contributed by atoms with Crippen LogP contribution in [0.1, 0.15) is 18.9 Å². The van der Waals surface area contributed by atoms with Crippen LogP contribution in [0.4, 0.5) is 5.82 Å². The quantitative estimate of drug-likeness (QED) is 0.730. The van der Waals surface area contributed by atoms with Crippen LogP contribution in [-0.2, 0) is 0 Å². The zero-order chi connectivity index (χ0) is 8.97. The molecule has 0 amide bonds. The summed E-state index contributed by atoms with van der Waals surface area (Å²) in [5.74, 6) is 1.79. The number of rotatable bonds is 3. The monoisotopic (exact) mass is 182 g/mol. The van der Waals surface area contributed by atoms with Crippen LogP contribution in [0.2, 0.25) is 0 Å². The fourth-order valence-electron chi connectivity index (χ4n) is 0.902. The molecule has 2 N–H and O–H groups in total. The molecule has 0 aliphatic carbocycles. The number of nitrogen functional groups attached to an aromatic ring is 1. The average Bonchev–Trinajstić information content (AvgIpc) is 2.08. The first kappa shape index (κ1) is 9.39. The lowest BCUT2D eigenvalue weighted by Crippen LogP contribution is -1.94. The van der Waals surface area contributed by atoms with E-state index in [1.54, 1.807) is 6.20 Å². The average molecular weight is 182 g/mol. The zero-order valence-corrected chi connectivity index (χ0v) is 8.32. The summed E-state index contributed by atoms with van der Waals surface area (Å²) in [6.07, 6.45) is 2.95. The van der Waals surface area contributed by atoms with Crippen molar-refractivity contribution in [2.24, 2.45) is 0 Å². The molecule has 0 fully saturated rings. The van der Waals surface area contributed by atoms with E-state index < -0.39 is 0 Å². The second kappa shape index (κ2) is 4.36. The van der Waals surface area contributed by atoms with Crippen LogP contribution < -0.4 is 5.73 Å². The number of anilines is 1. The van der Waals surface area contributed by atoms with Gasteiger partial charge >= 0.3 is 0 Å². The van der Waals surface area contributed by atoms with Crippen molar-refractivity contribution in [2.75, 3.05) is 11.5 Å². The third-order valence-corrected chi connectivity index (χ3v) is 3.02. The summed E-state index contributed by atoms with van der Waals surface area (Å²) >= 11 is 1.84. The molecule has 1 heterocycles. The van der Waals surface area contributed by atoms with E-state index in [-0.39, 0.29) is 0 Å². The smallest absolute Gasteiger partial charge is 0.127 e. The maximum Gasteiger partial charge on any atom is 0.127 e. The molecule has 0 aromatic carbocycles. The minimum absolute atomic E-state index is 0.649. The second-order valence-electron chi connectivity index (χ2n) is 2.67. The Morgan fingerprint density at radius 2 is 2.33 bits per heavy atom. The van der Waals surface area contributed by atoms with E-state index in [9.17, 15) is 0 Å². The molecule has 12 heavy (non-hydrogen) atoms. The Kier molecular flexibility index (Phi) is 3.41. The van der Waals surface area contributed by atoms with Crippen molar-refractivity contribution in [3.63, 3.8) is 0 Å². The molecule has 0 saturated carbocycles. The van der Waals surface area contributed by atoms with Crippen molar-refractivity contribution in [1.82, 2.24) is 4.98 Å². The summed E-state index contributed by atoms with van der Waals surface area (Å²) in [5, 5.41) is 0. The highest BCUT2D eigenvalue weighted by atomic mass is 32.2. The van der Waals surface area contributed by atoms with Crippen LogP contribution in [0.25, 0.3) is 0 Å². The van der Waals surface area contributed by atoms with Crippen LogP contribution in [-0.4, -0.2) is 10.7 Å². The maximum atomic E-state index is 5.67. The third-order valence-electron chi connectivity index (χ3n) is 1.66. The fourth-order valence-corrected chi connectivity index (χ4v) is 1.80. The number of nitrogens with zero attached hydrogens (tertiary/aromatic N) is 1. The normalized spacial score (nSPS) is 10.2. The van der Waals surface area contributed by atoms with Crippen LogP contribution in [0.3, 0.4) is 0 Å². The van der Waals surface area contributed by atoms with Gasteiger partial charge in [0.05, 0.1) is 0 Å². The van der Waals surface area contributed by atoms with Crippen LogP contribution in [0.5, 0.6) is 0 Å². The largest absolute Gasteiger partial charge is 0.383 e. The molecule has 1 aromatic heterocycles. The molecule has 0 aliphatic heterocycles. The van der Waals surface area contributed by atoms with E-state index >= 15 is 0 Å². The maximum absolute atomic E-state index is 5.67. The molecule has 0 saturated heterocycles. The van der Waals surface area contributed by atoms with Gasteiger partial charge in [0.2, 0.25) is 0 Å². The Morgan fingerprint density at radius 3 is 3.00 bits per heavy atom. The van der Waals surface area contributed by atoms with Gasteiger partial charge in [0.1, 0.15) is 5.82 Å². The molecular weight excluding hydrogens is 168 g/mol. The fraction of sp³-hybridized carbons (Fsp3) is 0.444. The summed E-state index contributed by atoms with van der Waals surface area (Å²) in [7, 11) is 0. The van der Waals surface area contributed by atoms with E-state index in [0.29, 0.717) is 5.82 Å². The highest BCUT2D eigenvalue weighted by Crippen LogP contribution is 2.24. The first-order chi connectivity index (χ1) is 5.75.